The molecule has 0 aromatic carbocycles. The number of hydrogen-bond donors (Lipinski definition) is 4. The summed E-state index contributed by atoms with van der Waals surface area (Å²) in [5.41, 5.74) is 3.34. The molecular formula is C7H7NO6. The molecule has 7 heteroatoms. The van der Waals surface area contributed by atoms with E-state index in [1.807, 2.05) is 0 Å². The molecule has 76 valence electrons. The predicted octanol–water partition coefficient (Wildman–Crippen LogP) is -0.991. The first kappa shape index (κ1) is 11.7. The van der Waals surface area contributed by atoms with Crippen LogP contribution in [0.5, 0.6) is 0 Å². The molecule has 0 aromatic rings. The fourth-order valence-electron chi connectivity index (χ4n) is 0.583. The molecule has 0 aliphatic heterocycles. The minimum Gasteiger partial charge on any atom is -0.478 e. The minimum absolute atomic E-state index is 0.543. The summed E-state index contributed by atoms with van der Waals surface area (Å²) < 4.78 is 0. The van der Waals surface area contributed by atoms with Crippen LogP contribution in [0.2, 0.25) is 0 Å². The van der Waals surface area contributed by atoms with Crippen LogP contribution in [-0.2, 0) is 14.4 Å². The van der Waals surface area contributed by atoms with Crippen molar-refractivity contribution in [2.75, 3.05) is 0 Å². The van der Waals surface area contributed by atoms with Crippen LogP contribution in [0.3, 0.4) is 0 Å². The van der Waals surface area contributed by atoms with E-state index in [0.717, 1.165) is 0 Å². The molecule has 0 heterocycles. The number of carbonyl (C=O) groups is 3. The summed E-state index contributed by atoms with van der Waals surface area (Å²) in [6.07, 6.45) is 1.24. The van der Waals surface area contributed by atoms with Crippen molar-refractivity contribution >= 4 is 17.9 Å². The second-order valence-corrected chi connectivity index (χ2v) is 2.11. The van der Waals surface area contributed by atoms with Crippen molar-refractivity contribution < 1.29 is 29.7 Å². The van der Waals surface area contributed by atoms with Gasteiger partial charge < -0.3 is 21.1 Å². The van der Waals surface area contributed by atoms with Crippen LogP contribution >= 0.6 is 0 Å². The smallest absolute Gasteiger partial charge is 0.345 e. The zero-order valence-electron chi connectivity index (χ0n) is 6.80. The number of aliphatic carboxylic acids is 3. The molecule has 0 bridgehead atoms. The molecule has 0 atom stereocenters. The Labute approximate surface area is 77.8 Å². The lowest BCUT2D eigenvalue weighted by atomic mass is 10.2. The molecule has 14 heavy (non-hydrogen) atoms. The number of hydrogen-bond acceptors (Lipinski definition) is 4. The van der Waals surface area contributed by atoms with Gasteiger partial charge in [0, 0.05) is 6.08 Å². The van der Waals surface area contributed by atoms with Gasteiger partial charge in [0.05, 0.1) is 5.70 Å². The lowest BCUT2D eigenvalue weighted by Gasteiger charge is -1.97. The van der Waals surface area contributed by atoms with Gasteiger partial charge in [-0.3, -0.25) is 0 Å². The number of allylic oxidation sites excluding steroid dienone is 1. The van der Waals surface area contributed by atoms with Crippen molar-refractivity contribution in [1.82, 2.24) is 0 Å². The first-order chi connectivity index (χ1) is 6.36. The van der Waals surface area contributed by atoms with E-state index < -0.39 is 29.2 Å². The average molecular weight is 201 g/mol. The second kappa shape index (κ2) is 4.65. The van der Waals surface area contributed by atoms with Gasteiger partial charge in [0.25, 0.3) is 0 Å². The molecule has 7 nitrogen and oxygen atoms in total. The fraction of sp³-hybridized carbons (Fsp3) is 0. The van der Waals surface area contributed by atoms with Gasteiger partial charge in [-0.2, -0.15) is 0 Å². The van der Waals surface area contributed by atoms with Crippen molar-refractivity contribution in [2.45, 2.75) is 0 Å². The largest absolute Gasteiger partial charge is 0.478 e. The summed E-state index contributed by atoms with van der Waals surface area (Å²) in [6, 6.07) is 0. The van der Waals surface area contributed by atoms with Gasteiger partial charge in [-0.25, -0.2) is 14.4 Å². The highest BCUT2D eigenvalue weighted by Gasteiger charge is 2.19. The third kappa shape index (κ3) is 3.39. The highest BCUT2D eigenvalue weighted by molar-refractivity contribution is 6.13. The Balaban J connectivity index is 5.11. The molecule has 5 N–H and O–H groups in total. The maximum absolute atomic E-state index is 10.3. The maximum Gasteiger partial charge on any atom is 0.345 e. The van der Waals surface area contributed by atoms with E-state index in [2.05, 4.69) is 0 Å². The van der Waals surface area contributed by atoms with E-state index >= 15 is 0 Å². The quantitative estimate of drug-likeness (QED) is 0.198. The molecule has 0 saturated carbocycles. The van der Waals surface area contributed by atoms with Crippen LogP contribution in [0, 0.1) is 0 Å². The zero-order chi connectivity index (χ0) is 11.3. The van der Waals surface area contributed by atoms with Gasteiger partial charge in [-0.1, -0.05) is 0 Å². The summed E-state index contributed by atoms with van der Waals surface area (Å²) in [4.78, 5) is 30.7. The van der Waals surface area contributed by atoms with E-state index in [1.54, 1.807) is 0 Å². The third-order valence-electron chi connectivity index (χ3n) is 1.12. The normalized spacial score (nSPS) is 9.71. The molecule has 0 saturated heterocycles. The Morgan fingerprint density at radius 2 is 1.36 bits per heavy atom. The van der Waals surface area contributed by atoms with Gasteiger partial charge >= 0.3 is 17.9 Å². The van der Waals surface area contributed by atoms with Crippen LogP contribution < -0.4 is 5.73 Å². The summed E-state index contributed by atoms with van der Waals surface area (Å²) in [6.45, 7) is 0. The highest BCUT2D eigenvalue weighted by atomic mass is 16.4. The minimum atomic E-state index is -1.73. The molecule has 0 aliphatic carbocycles. The van der Waals surface area contributed by atoms with Crippen LogP contribution in [0.1, 0.15) is 0 Å². The second-order valence-electron chi connectivity index (χ2n) is 2.11. The van der Waals surface area contributed by atoms with Gasteiger partial charge in [-0.15, -0.1) is 0 Å². The van der Waals surface area contributed by atoms with Crippen molar-refractivity contribution in [3.05, 3.63) is 23.4 Å². The van der Waals surface area contributed by atoms with Crippen molar-refractivity contribution in [3.8, 4) is 0 Å². The molecular weight excluding hydrogens is 194 g/mol. The van der Waals surface area contributed by atoms with Crippen LogP contribution in [0.4, 0.5) is 0 Å². The van der Waals surface area contributed by atoms with Gasteiger partial charge in [0.1, 0.15) is 0 Å². The maximum atomic E-state index is 10.3. The van der Waals surface area contributed by atoms with Crippen LogP contribution in [-0.4, -0.2) is 33.2 Å². The Kier molecular flexibility index (Phi) is 3.88. The summed E-state index contributed by atoms with van der Waals surface area (Å²) in [5.74, 6) is -4.82. The summed E-state index contributed by atoms with van der Waals surface area (Å²) in [7, 11) is 0. The topological polar surface area (TPSA) is 138 Å². The lowest BCUT2D eigenvalue weighted by molar-refractivity contribution is -0.140. The third-order valence-corrected chi connectivity index (χ3v) is 1.12. The SMILES string of the molecule is NC(C=CC(=O)O)=C(C(=O)O)C(=O)O. The van der Waals surface area contributed by atoms with Gasteiger partial charge in [-0.05, 0) is 6.08 Å². The Bertz CT molecular complexity index is 324. The first-order valence-electron chi connectivity index (χ1n) is 3.23. The number of nitrogens with two attached hydrogens (primary N) is 1. The molecule has 0 rings (SSSR count). The molecule has 0 spiro atoms. The Hall–Kier alpha value is -2.31. The Morgan fingerprint density at radius 3 is 1.64 bits per heavy atom. The van der Waals surface area contributed by atoms with Gasteiger partial charge in [0.15, 0.2) is 5.57 Å². The molecule has 0 aliphatic rings. The van der Waals surface area contributed by atoms with Gasteiger partial charge in [0.2, 0.25) is 0 Å². The fourth-order valence-corrected chi connectivity index (χ4v) is 0.583. The van der Waals surface area contributed by atoms with E-state index in [-0.39, 0.29) is 0 Å². The number of carboxylic acids is 3. The highest BCUT2D eigenvalue weighted by Crippen LogP contribution is 2.01. The number of rotatable bonds is 4. The molecule has 0 amide bonds. The number of carboxylic acid groups (broad SMARTS) is 3. The standard InChI is InChI=1S/C7H7NO6/c8-3(1-2-4(9)10)5(6(11)12)7(13)14/h1-2H,8H2,(H,9,10)(H,11,12)(H,13,14). The average Bonchev–Trinajstić information content (AvgIpc) is 1.99. The lowest BCUT2D eigenvalue weighted by Crippen LogP contribution is -2.17. The van der Waals surface area contributed by atoms with Crippen LogP contribution in [0.15, 0.2) is 23.4 Å². The van der Waals surface area contributed by atoms with Crippen molar-refractivity contribution in [2.24, 2.45) is 5.73 Å². The molecule has 0 fully saturated rings. The van der Waals surface area contributed by atoms with Crippen molar-refractivity contribution in [3.63, 3.8) is 0 Å². The molecule has 0 aromatic heterocycles. The van der Waals surface area contributed by atoms with E-state index in [9.17, 15) is 14.4 Å². The predicted molar refractivity (Wildman–Crippen MR) is 43.3 cm³/mol. The first-order valence-corrected chi connectivity index (χ1v) is 3.23. The zero-order valence-corrected chi connectivity index (χ0v) is 6.80. The summed E-state index contributed by atoms with van der Waals surface area (Å²) in [5, 5.41) is 24.9. The van der Waals surface area contributed by atoms with E-state index in [0.29, 0.717) is 12.2 Å². The van der Waals surface area contributed by atoms with Crippen LogP contribution in [0.25, 0.3) is 0 Å². The van der Waals surface area contributed by atoms with E-state index in [4.69, 9.17) is 21.1 Å². The molecule has 0 radical (unpaired) electrons. The molecule has 0 unspecified atom stereocenters. The van der Waals surface area contributed by atoms with E-state index in [1.165, 1.54) is 0 Å². The van der Waals surface area contributed by atoms with Crippen molar-refractivity contribution in [1.29, 1.82) is 0 Å². The Morgan fingerprint density at radius 1 is 0.929 bits per heavy atom. The summed E-state index contributed by atoms with van der Waals surface area (Å²) >= 11 is 0. The monoisotopic (exact) mass is 201 g/mol.